The van der Waals surface area contributed by atoms with E-state index in [0.29, 0.717) is 4.57 Å². The fraction of sp³-hybridized carbons (Fsp3) is 0.0233. The zero-order valence-electron chi connectivity index (χ0n) is 50.4. The van der Waals surface area contributed by atoms with Gasteiger partial charge in [-0.3, -0.25) is 0 Å². The zero-order valence-corrected chi connectivity index (χ0v) is 22.4. The molecule has 0 radical (unpaired) electrons. The highest BCUT2D eigenvalue weighted by atomic mass is 16.5. The van der Waals surface area contributed by atoms with Crippen LogP contribution in [0.5, 0.6) is 11.5 Å². The molecule has 0 saturated carbocycles. The van der Waals surface area contributed by atoms with E-state index in [1.807, 2.05) is 0 Å². The Kier molecular flexibility index (Phi) is 2.27. The number of para-hydroxylation sites is 3. The lowest BCUT2D eigenvalue weighted by Crippen LogP contribution is -2.34. The molecule has 9 rings (SSSR count). The van der Waals surface area contributed by atoms with Crippen LogP contribution in [0.15, 0.2) is 175 Å². The van der Waals surface area contributed by atoms with E-state index < -0.39 is 247 Å². The monoisotopic (exact) mass is 603 g/mol. The summed E-state index contributed by atoms with van der Waals surface area (Å²) in [5.41, 5.74) is -11.1. The van der Waals surface area contributed by atoms with Crippen LogP contribution >= 0.6 is 0 Å². The fourth-order valence-corrected chi connectivity index (χ4v) is 5.64. The Balaban J connectivity index is 1.66. The van der Waals surface area contributed by atoms with Gasteiger partial charge in [0, 0.05) is 27.6 Å². The van der Waals surface area contributed by atoms with Crippen LogP contribution in [-0.2, 0) is 5.41 Å². The van der Waals surface area contributed by atoms with E-state index in [1.54, 1.807) is 0 Å². The third-order valence-corrected chi connectivity index (χ3v) is 7.39. The summed E-state index contributed by atoms with van der Waals surface area (Å²) in [6.45, 7) is 0. The van der Waals surface area contributed by atoms with Crippen LogP contribution in [0.4, 0.5) is 0 Å². The highest BCUT2D eigenvalue weighted by molar-refractivity contribution is 6.15. The number of hydrogen-bond donors (Lipinski definition) is 0. The lowest BCUT2D eigenvalue weighted by atomic mass is 9.63. The molecule has 0 fully saturated rings. The van der Waals surface area contributed by atoms with Crippen molar-refractivity contribution in [3.8, 4) is 28.3 Å². The topological polar surface area (TPSA) is 14.2 Å². The second kappa shape index (κ2) is 10.1. The van der Waals surface area contributed by atoms with Gasteiger partial charge in [-0.1, -0.05) is 133 Å². The number of fused-ring (bicyclic) bond motifs is 5. The Labute approximate surface area is 301 Å². The normalized spacial score (nSPS) is 24.1. The minimum atomic E-state index is -3.23. The Morgan fingerprint density at radius 2 is 1.18 bits per heavy atom. The quantitative estimate of drug-likeness (QED) is 0.195. The average Bonchev–Trinajstić information content (AvgIpc) is 3.71. The van der Waals surface area contributed by atoms with Gasteiger partial charge in [-0.05, 0) is 64.6 Å². The predicted molar refractivity (Wildman–Crippen MR) is 185 cm³/mol. The van der Waals surface area contributed by atoms with Gasteiger partial charge in [0.2, 0.25) is 0 Å². The molecule has 212 valence electrons. The van der Waals surface area contributed by atoms with Crippen LogP contribution in [0.3, 0.4) is 0 Å². The maximum atomic E-state index is 10.3. The second-order valence-corrected chi connectivity index (χ2v) is 9.59. The van der Waals surface area contributed by atoms with Crippen molar-refractivity contribution >= 4 is 21.8 Å². The standard InChI is InChI=1S/C43H29NO/c1-4-15-31(16-5-1)43(32-17-6-2-7-18-32)36-23-11-13-26-40(36)45-41-28-27-30(29-37(41)43)34-22-14-25-39-42(34)35-21-10-12-24-38(35)44(39)33-19-8-3-9-20-33/h1-29H/i1D,2D,3D,4D,5D,6D,7D,8D,9D,10D,11D,12D,13D,14D,15D,16D,17D,19D,20D,21D,22D,23D,24D,25D,26D,27D,28D,29D. The van der Waals surface area contributed by atoms with Crippen molar-refractivity contribution in [2.45, 2.75) is 5.41 Å². The summed E-state index contributed by atoms with van der Waals surface area (Å²) in [5.74, 6) is -1.95. The summed E-state index contributed by atoms with van der Waals surface area (Å²) in [6.07, 6.45) is 0. The summed E-state index contributed by atoms with van der Waals surface area (Å²) in [7, 11) is 0. The smallest absolute Gasteiger partial charge is 0.132 e. The third kappa shape index (κ3) is 3.76. The molecular weight excluding hydrogens is 546 g/mol. The molecule has 1 atom stereocenters. The number of ether oxygens (including phenoxy) is 1. The zero-order chi connectivity index (χ0) is 54.2. The van der Waals surface area contributed by atoms with Gasteiger partial charge in [0.1, 0.15) is 11.5 Å². The molecule has 2 heterocycles. The van der Waals surface area contributed by atoms with Gasteiger partial charge in [-0.25, -0.2) is 0 Å². The molecule has 0 spiro atoms. The average molecular weight is 604 g/mol. The van der Waals surface area contributed by atoms with Gasteiger partial charge in [0.05, 0.1) is 54.8 Å². The van der Waals surface area contributed by atoms with Crippen LogP contribution in [0.25, 0.3) is 38.6 Å². The van der Waals surface area contributed by atoms with E-state index in [0.717, 1.165) is 6.07 Å². The minimum absolute atomic E-state index is 0.669. The minimum Gasteiger partial charge on any atom is -0.457 e. The first-order valence-electron chi connectivity index (χ1n) is 27.2. The molecular formula is C43H29NO. The molecule has 45 heavy (non-hydrogen) atoms. The maximum Gasteiger partial charge on any atom is 0.132 e. The van der Waals surface area contributed by atoms with Crippen LogP contribution in [-0.4, -0.2) is 4.57 Å². The van der Waals surface area contributed by atoms with Crippen molar-refractivity contribution in [2.75, 3.05) is 0 Å². The van der Waals surface area contributed by atoms with Crippen molar-refractivity contribution < 1.29 is 43.1 Å². The first-order valence-corrected chi connectivity index (χ1v) is 13.2. The van der Waals surface area contributed by atoms with Crippen LogP contribution < -0.4 is 4.74 Å². The van der Waals surface area contributed by atoms with Gasteiger partial charge in [-0.2, -0.15) is 0 Å². The number of nitrogens with zero attached hydrogens (tertiary/aromatic N) is 1. The molecule has 0 amide bonds. The molecule has 0 aliphatic carbocycles. The molecule has 1 aromatic heterocycles. The Hall–Kier alpha value is -5.86. The lowest BCUT2D eigenvalue weighted by Gasteiger charge is -2.41. The van der Waals surface area contributed by atoms with Gasteiger partial charge >= 0.3 is 0 Å². The Morgan fingerprint density at radius 1 is 0.511 bits per heavy atom. The number of benzene rings is 7. The summed E-state index contributed by atoms with van der Waals surface area (Å²) in [6, 6.07) is -28.2. The van der Waals surface area contributed by atoms with Gasteiger partial charge < -0.3 is 9.30 Å². The molecule has 2 nitrogen and oxygen atoms in total. The summed E-state index contributed by atoms with van der Waals surface area (Å²) < 4.78 is 260. The van der Waals surface area contributed by atoms with E-state index in [-0.39, 0.29) is 0 Å². The summed E-state index contributed by atoms with van der Waals surface area (Å²) in [5, 5.41) is -1.37. The largest absolute Gasteiger partial charge is 0.457 e. The molecule has 7 aromatic carbocycles. The van der Waals surface area contributed by atoms with Crippen LogP contribution in [0, 0.1) is 0 Å². The SMILES string of the molecule is [2H]c1cc(C2(c3c([2H])c([2H])c([2H])c([2H])c3[2H])c3c([2H])c([2H])c([2H])c([2H])c3Oc3c([2H])c([2H])c(-c4c([2H])c([2H])c([2H])c5c4c4c([2H])c([2H])c([2H])c([2H])c4n5-c4c([2H])c([2H])c([2H])c([2H])c4[2H])c([2H])c32)c([2H])c([2H])c1[2H]. The van der Waals surface area contributed by atoms with E-state index in [2.05, 4.69) is 0 Å². The molecule has 0 saturated heterocycles. The third-order valence-electron chi connectivity index (χ3n) is 7.39. The molecule has 1 aliphatic rings. The molecule has 1 unspecified atom stereocenters. The molecule has 0 bridgehead atoms. The Bertz CT molecular complexity index is 3850. The van der Waals surface area contributed by atoms with Crippen molar-refractivity contribution in [1.82, 2.24) is 4.57 Å². The Morgan fingerprint density at radius 3 is 2.04 bits per heavy atom. The second-order valence-electron chi connectivity index (χ2n) is 9.59. The van der Waals surface area contributed by atoms with Gasteiger partial charge in [0.25, 0.3) is 0 Å². The van der Waals surface area contributed by atoms with Crippen molar-refractivity contribution in [3.63, 3.8) is 0 Å². The molecule has 1 aliphatic heterocycles. The van der Waals surface area contributed by atoms with E-state index in [4.69, 9.17) is 28.0 Å². The predicted octanol–water partition coefficient (Wildman–Crippen LogP) is 10.9. The van der Waals surface area contributed by atoms with E-state index in [1.165, 1.54) is 0 Å². The van der Waals surface area contributed by atoms with E-state index in [9.17, 15) is 15.1 Å². The first-order chi connectivity index (χ1) is 34.0. The fourth-order valence-electron chi connectivity index (χ4n) is 5.64. The van der Waals surface area contributed by atoms with Gasteiger partial charge in [0.15, 0.2) is 0 Å². The van der Waals surface area contributed by atoms with Crippen molar-refractivity contribution in [1.29, 1.82) is 0 Å². The van der Waals surface area contributed by atoms with Crippen molar-refractivity contribution in [2.24, 2.45) is 0 Å². The van der Waals surface area contributed by atoms with Crippen LogP contribution in [0.2, 0.25) is 0 Å². The highest BCUT2D eigenvalue weighted by Crippen LogP contribution is 2.56. The maximum absolute atomic E-state index is 10.3. The summed E-state index contributed by atoms with van der Waals surface area (Å²) >= 11 is 0. The first kappa shape index (κ1) is 10.1. The number of rotatable bonds is 4. The molecule has 2 heteroatoms. The van der Waals surface area contributed by atoms with Crippen LogP contribution in [0.1, 0.15) is 60.6 Å². The summed E-state index contributed by atoms with van der Waals surface area (Å²) in [4.78, 5) is 0. The van der Waals surface area contributed by atoms with Gasteiger partial charge in [-0.15, -0.1) is 0 Å². The van der Waals surface area contributed by atoms with E-state index >= 15 is 0 Å². The molecule has 0 N–H and O–H groups in total. The van der Waals surface area contributed by atoms with Crippen molar-refractivity contribution in [3.05, 3.63) is 198 Å². The lowest BCUT2D eigenvalue weighted by molar-refractivity contribution is 0.434. The molecule has 8 aromatic rings. The number of aromatic nitrogens is 1. The number of hydrogen-bond acceptors (Lipinski definition) is 1. The highest BCUT2D eigenvalue weighted by Gasteiger charge is 2.45.